The summed E-state index contributed by atoms with van der Waals surface area (Å²) >= 11 is 0. The number of rotatable bonds is 6. The molecule has 0 radical (unpaired) electrons. The fourth-order valence-electron chi connectivity index (χ4n) is 4.12. The molecule has 0 amide bonds. The molecule has 0 saturated heterocycles. The number of hydrogen-bond donors (Lipinski definition) is 3. The highest BCUT2D eigenvalue weighted by Gasteiger charge is 2.22. The topological polar surface area (TPSA) is 109 Å². The average molecular weight is 404 g/mol. The third kappa shape index (κ3) is 3.83. The molecule has 154 valence electrons. The molecule has 3 heterocycles. The first-order chi connectivity index (χ1) is 14.8. The van der Waals surface area contributed by atoms with Crippen LogP contribution in [0.3, 0.4) is 0 Å². The molecule has 1 saturated carbocycles. The molecule has 8 nitrogen and oxygen atoms in total. The number of anilines is 1. The van der Waals surface area contributed by atoms with Crippen molar-refractivity contribution in [3.05, 3.63) is 43.0 Å². The summed E-state index contributed by atoms with van der Waals surface area (Å²) in [6.45, 7) is 0.498. The van der Waals surface area contributed by atoms with Crippen molar-refractivity contribution in [2.75, 3.05) is 18.5 Å². The lowest BCUT2D eigenvalue weighted by atomic mass is 9.93. The number of nitrogens with zero attached hydrogens (tertiary/aromatic N) is 4. The van der Waals surface area contributed by atoms with Crippen LogP contribution in [0.2, 0.25) is 0 Å². The molecule has 0 spiro atoms. The molecule has 30 heavy (non-hydrogen) atoms. The van der Waals surface area contributed by atoms with Crippen molar-refractivity contribution in [2.24, 2.45) is 0 Å². The van der Waals surface area contributed by atoms with Crippen molar-refractivity contribution in [1.29, 1.82) is 0 Å². The molecule has 0 bridgehead atoms. The normalized spacial score (nSPS) is 19.4. The van der Waals surface area contributed by atoms with Gasteiger partial charge in [0, 0.05) is 41.8 Å². The third-order valence-corrected chi connectivity index (χ3v) is 5.66. The maximum absolute atomic E-state index is 8.89. The minimum absolute atomic E-state index is 0.0801. The Labute approximate surface area is 173 Å². The van der Waals surface area contributed by atoms with Gasteiger partial charge in [-0.25, -0.2) is 4.98 Å². The average Bonchev–Trinajstić information content (AvgIpc) is 3.21. The van der Waals surface area contributed by atoms with Crippen LogP contribution in [0.15, 0.2) is 43.0 Å². The van der Waals surface area contributed by atoms with Crippen LogP contribution in [0.1, 0.15) is 25.7 Å². The number of benzene rings is 1. The van der Waals surface area contributed by atoms with E-state index in [0.717, 1.165) is 58.9 Å². The first-order valence-electron chi connectivity index (χ1n) is 10.3. The maximum atomic E-state index is 8.89. The lowest BCUT2D eigenvalue weighted by Gasteiger charge is -2.28. The minimum atomic E-state index is 0.0801. The number of ether oxygens (including phenoxy) is 1. The molecular weight excluding hydrogens is 380 g/mol. The number of aromatic nitrogens is 5. The predicted octanol–water partition coefficient (Wildman–Crippen LogP) is 3.30. The van der Waals surface area contributed by atoms with Crippen molar-refractivity contribution >= 4 is 28.0 Å². The number of aromatic amines is 1. The SMILES string of the molecule is OCCO[C@H]1CC[C@H](Nc2ncc3c(-c4ccc5nccnc5c4)c[nH]c3n2)CC1. The molecule has 0 aliphatic heterocycles. The maximum Gasteiger partial charge on any atom is 0.224 e. The molecule has 1 aromatic carbocycles. The van der Waals surface area contributed by atoms with E-state index in [1.54, 1.807) is 12.4 Å². The van der Waals surface area contributed by atoms with E-state index < -0.39 is 0 Å². The Hall–Kier alpha value is -3.10. The van der Waals surface area contributed by atoms with Gasteiger partial charge in [0.15, 0.2) is 0 Å². The number of fused-ring (bicyclic) bond motifs is 2. The summed E-state index contributed by atoms with van der Waals surface area (Å²) < 4.78 is 5.64. The van der Waals surface area contributed by atoms with Crippen LogP contribution in [0.4, 0.5) is 5.95 Å². The van der Waals surface area contributed by atoms with Crippen molar-refractivity contribution in [1.82, 2.24) is 24.9 Å². The number of H-pyrrole nitrogens is 1. The zero-order valence-electron chi connectivity index (χ0n) is 16.6. The molecule has 5 rings (SSSR count). The molecule has 1 fully saturated rings. The van der Waals surface area contributed by atoms with E-state index in [9.17, 15) is 0 Å². The smallest absolute Gasteiger partial charge is 0.224 e. The lowest BCUT2D eigenvalue weighted by Crippen LogP contribution is -2.30. The summed E-state index contributed by atoms with van der Waals surface area (Å²) in [7, 11) is 0. The number of hydrogen-bond acceptors (Lipinski definition) is 7. The lowest BCUT2D eigenvalue weighted by molar-refractivity contribution is 0.00719. The minimum Gasteiger partial charge on any atom is -0.394 e. The van der Waals surface area contributed by atoms with Gasteiger partial charge in [-0.05, 0) is 43.4 Å². The Bertz CT molecular complexity index is 1150. The van der Waals surface area contributed by atoms with Crippen molar-refractivity contribution in [2.45, 2.75) is 37.8 Å². The summed E-state index contributed by atoms with van der Waals surface area (Å²) in [5.41, 5.74) is 4.65. The van der Waals surface area contributed by atoms with Gasteiger partial charge in [0.05, 0.1) is 30.4 Å². The van der Waals surface area contributed by atoms with E-state index in [1.165, 1.54) is 0 Å². The van der Waals surface area contributed by atoms with Crippen LogP contribution in [-0.4, -0.2) is 55.4 Å². The Balaban J connectivity index is 1.31. The summed E-state index contributed by atoms with van der Waals surface area (Å²) in [4.78, 5) is 21.2. The van der Waals surface area contributed by atoms with Crippen LogP contribution in [0.5, 0.6) is 0 Å². The molecule has 1 aliphatic rings. The first kappa shape index (κ1) is 18.9. The molecule has 4 aromatic rings. The van der Waals surface area contributed by atoms with Gasteiger partial charge in [0.2, 0.25) is 5.95 Å². The van der Waals surface area contributed by atoms with E-state index in [1.807, 2.05) is 30.6 Å². The van der Waals surface area contributed by atoms with Crippen LogP contribution in [0.25, 0.3) is 33.2 Å². The zero-order chi connectivity index (χ0) is 20.3. The first-order valence-corrected chi connectivity index (χ1v) is 10.3. The summed E-state index contributed by atoms with van der Waals surface area (Å²) in [5.74, 6) is 0.639. The highest BCUT2D eigenvalue weighted by atomic mass is 16.5. The second-order valence-corrected chi connectivity index (χ2v) is 7.63. The highest BCUT2D eigenvalue weighted by molar-refractivity contribution is 5.95. The van der Waals surface area contributed by atoms with Gasteiger partial charge < -0.3 is 20.1 Å². The molecule has 0 unspecified atom stereocenters. The van der Waals surface area contributed by atoms with Gasteiger partial charge in [-0.3, -0.25) is 9.97 Å². The molecule has 8 heteroatoms. The van der Waals surface area contributed by atoms with E-state index in [2.05, 4.69) is 30.2 Å². The van der Waals surface area contributed by atoms with E-state index in [0.29, 0.717) is 18.6 Å². The van der Waals surface area contributed by atoms with Crippen molar-refractivity contribution < 1.29 is 9.84 Å². The standard InChI is InChI=1S/C22H24N6O2/c29-9-10-30-16-4-2-15(3-5-16)27-22-26-13-18-17(12-25-21(18)28-22)14-1-6-19-20(11-14)24-8-7-23-19/h1,6-8,11-13,15-16,29H,2-5,9-10H2,(H2,25,26,27,28)/t15-,16-. The Morgan fingerprint density at radius 3 is 2.73 bits per heavy atom. The van der Waals surface area contributed by atoms with E-state index in [4.69, 9.17) is 9.84 Å². The van der Waals surface area contributed by atoms with E-state index >= 15 is 0 Å². The van der Waals surface area contributed by atoms with Crippen molar-refractivity contribution in [3.8, 4) is 11.1 Å². The fraction of sp³-hybridized carbons (Fsp3) is 0.364. The second kappa shape index (κ2) is 8.33. The van der Waals surface area contributed by atoms with Gasteiger partial charge >= 0.3 is 0 Å². The van der Waals surface area contributed by atoms with Crippen molar-refractivity contribution in [3.63, 3.8) is 0 Å². The number of aliphatic hydroxyl groups is 1. The van der Waals surface area contributed by atoms with Gasteiger partial charge in [-0.2, -0.15) is 4.98 Å². The summed E-state index contributed by atoms with van der Waals surface area (Å²) in [6.07, 6.45) is 11.5. The fourth-order valence-corrected chi connectivity index (χ4v) is 4.12. The van der Waals surface area contributed by atoms with Gasteiger partial charge in [0.1, 0.15) is 5.65 Å². The second-order valence-electron chi connectivity index (χ2n) is 7.63. The largest absolute Gasteiger partial charge is 0.394 e. The van der Waals surface area contributed by atoms with E-state index in [-0.39, 0.29) is 12.7 Å². The summed E-state index contributed by atoms with van der Waals surface area (Å²) in [5, 5.41) is 13.3. The van der Waals surface area contributed by atoms with Gasteiger partial charge in [-0.1, -0.05) is 6.07 Å². The molecular formula is C22H24N6O2. The quantitative estimate of drug-likeness (QED) is 0.452. The molecule has 1 aliphatic carbocycles. The van der Waals surface area contributed by atoms with Crippen LogP contribution in [-0.2, 0) is 4.74 Å². The van der Waals surface area contributed by atoms with Crippen LogP contribution >= 0.6 is 0 Å². The monoisotopic (exact) mass is 404 g/mol. The van der Waals surface area contributed by atoms with Gasteiger partial charge in [0.25, 0.3) is 0 Å². The Morgan fingerprint density at radius 2 is 1.90 bits per heavy atom. The molecule has 3 aromatic heterocycles. The molecule has 3 N–H and O–H groups in total. The zero-order valence-corrected chi connectivity index (χ0v) is 16.6. The Kier molecular flexibility index (Phi) is 5.25. The number of nitrogens with one attached hydrogen (secondary N) is 2. The predicted molar refractivity (Wildman–Crippen MR) is 115 cm³/mol. The Morgan fingerprint density at radius 1 is 1.07 bits per heavy atom. The van der Waals surface area contributed by atoms with Gasteiger partial charge in [-0.15, -0.1) is 0 Å². The molecule has 0 atom stereocenters. The number of aliphatic hydroxyl groups excluding tert-OH is 1. The van der Waals surface area contributed by atoms with Crippen LogP contribution in [0, 0.1) is 0 Å². The van der Waals surface area contributed by atoms with Crippen LogP contribution < -0.4 is 5.32 Å². The third-order valence-electron chi connectivity index (χ3n) is 5.66. The highest BCUT2D eigenvalue weighted by Crippen LogP contribution is 2.30. The summed E-state index contributed by atoms with van der Waals surface area (Å²) in [6, 6.07) is 6.40.